The molecule has 0 saturated carbocycles. The van der Waals surface area contributed by atoms with E-state index in [0.717, 1.165) is 16.7 Å². The van der Waals surface area contributed by atoms with Crippen molar-refractivity contribution in [3.8, 4) is 11.4 Å². The molecule has 32 heavy (non-hydrogen) atoms. The predicted octanol–water partition coefficient (Wildman–Crippen LogP) is 3.64. The number of benzene rings is 2. The largest absolute Gasteiger partial charge is 0.573 e. The molecule has 0 aliphatic carbocycles. The van der Waals surface area contributed by atoms with Gasteiger partial charge in [0.25, 0.3) is 11.5 Å². The summed E-state index contributed by atoms with van der Waals surface area (Å²) in [5, 5.41) is 2.70. The van der Waals surface area contributed by atoms with Crippen molar-refractivity contribution >= 4 is 22.5 Å². The topological polar surface area (TPSA) is 99.0 Å². The van der Waals surface area contributed by atoms with Crippen molar-refractivity contribution in [1.29, 1.82) is 0 Å². The number of aromatic nitrogens is 4. The normalized spacial score (nSPS) is 11.4. The molecule has 0 aliphatic rings. The summed E-state index contributed by atoms with van der Waals surface area (Å²) in [6.45, 7) is 1.54. The molecule has 0 unspecified atom stereocenters. The van der Waals surface area contributed by atoms with Crippen LogP contribution in [0.4, 0.5) is 18.9 Å². The Kier molecular flexibility index (Phi) is 5.31. The first-order valence-electron chi connectivity index (χ1n) is 9.19. The molecule has 4 rings (SSSR count). The smallest absolute Gasteiger partial charge is 0.406 e. The van der Waals surface area contributed by atoms with Crippen LogP contribution in [0.25, 0.3) is 16.6 Å². The zero-order chi connectivity index (χ0) is 22.9. The first-order chi connectivity index (χ1) is 15.2. The Bertz CT molecular complexity index is 1370. The van der Waals surface area contributed by atoms with Crippen molar-refractivity contribution in [3.63, 3.8) is 0 Å². The van der Waals surface area contributed by atoms with Crippen LogP contribution in [0.3, 0.4) is 0 Å². The number of nitrogens with zero attached hydrogens (tertiary/aromatic N) is 4. The molecule has 0 bridgehead atoms. The van der Waals surface area contributed by atoms with E-state index in [1.54, 1.807) is 19.1 Å². The molecule has 0 radical (unpaired) electrons. The molecular formula is C21H14F3N5O3. The van der Waals surface area contributed by atoms with E-state index >= 15 is 0 Å². The highest BCUT2D eigenvalue weighted by atomic mass is 19.4. The van der Waals surface area contributed by atoms with Crippen molar-refractivity contribution in [1.82, 2.24) is 19.5 Å². The third-order valence-corrected chi connectivity index (χ3v) is 4.42. The molecule has 0 saturated heterocycles. The molecular weight excluding hydrogens is 427 g/mol. The minimum Gasteiger partial charge on any atom is -0.406 e. The second-order valence-corrected chi connectivity index (χ2v) is 6.59. The number of carbonyl (C=O) groups is 1. The van der Waals surface area contributed by atoms with Gasteiger partial charge in [-0.15, -0.1) is 13.2 Å². The van der Waals surface area contributed by atoms with Gasteiger partial charge >= 0.3 is 6.36 Å². The number of ether oxygens (including phenoxy) is 1. The fourth-order valence-electron chi connectivity index (χ4n) is 3.17. The van der Waals surface area contributed by atoms with E-state index in [2.05, 4.69) is 25.0 Å². The van der Waals surface area contributed by atoms with Crippen LogP contribution in [0.1, 0.15) is 16.3 Å². The van der Waals surface area contributed by atoms with Gasteiger partial charge in [-0.3, -0.25) is 19.1 Å². The molecule has 2 aromatic carbocycles. The maximum absolute atomic E-state index is 13.4. The second-order valence-electron chi connectivity index (χ2n) is 6.59. The Morgan fingerprint density at radius 3 is 2.62 bits per heavy atom. The maximum Gasteiger partial charge on any atom is 0.573 e. The Morgan fingerprint density at radius 1 is 1.12 bits per heavy atom. The lowest BCUT2D eigenvalue weighted by Crippen LogP contribution is -2.24. The number of aryl methyl sites for hydroxylation is 1. The molecule has 0 atom stereocenters. The highest BCUT2D eigenvalue weighted by Crippen LogP contribution is 2.26. The number of halogens is 3. The Balaban J connectivity index is 1.82. The van der Waals surface area contributed by atoms with Gasteiger partial charge in [0.15, 0.2) is 0 Å². The van der Waals surface area contributed by atoms with Gasteiger partial charge in [0.2, 0.25) is 0 Å². The van der Waals surface area contributed by atoms with Gasteiger partial charge < -0.3 is 10.1 Å². The molecule has 8 nitrogen and oxygen atoms in total. The Morgan fingerprint density at radius 2 is 1.91 bits per heavy atom. The first-order valence-corrected chi connectivity index (χ1v) is 9.19. The van der Waals surface area contributed by atoms with Gasteiger partial charge in [-0.2, -0.15) is 0 Å². The SMILES string of the molecule is Cc1nc2cccc(NC(=O)c3cnccn3)c2c(=O)n1-c1cccc(OC(F)(F)F)c1. The average molecular weight is 441 g/mol. The molecule has 162 valence electrons. The number of carbonyl (C=O) groups excluding carboxylic acids is 1. The van der Waals surface area contributed by atoms with Crippen molar-refractivity contribution in [3.05, 3.63) is 82.9 Å². The highest BCUT2D eigenvalue weighted by molar-refractivity contribution is 6.07. The van der Waals surface area contributed by atoms with Gasteiger partial charge in [-0.25, -0.2) is 9.97 Å². The second kappa shape index (κ2) is 8.10. The summed E-state index contributed by atoms with van der Waals surface area (Å²) in [5.74, 6) is -0.826. The van der Waals surface area contributed by atoms with Gasteiger partial charge in [0, 0.05) is 18.5 Å². The van der Waals surface area contributed by atoms with E-state index in [-0.39, 0.29) is 28.3 Å². The number of rotatable bonds is 4. The zero-order valence-corrected chi connectivity index (χ0v) is 16.4. The standard InChI is InChI=1S/C21H14F3N5O3/c1-12-27-15-6-3-7-16(28-19(30)17-11-25-8-9-26-17)18(15)20(31)29(12)13-4-2-5-14(10-13)32-21(22,23)24/h2-11H,1H3,(H,28,30). The van der Waals surface area contributed by atoms with E-state index in [4.69, 9.17) is 0 Å². The van der Waals surface area contributed by atoms with Crippen molar-refractivity contribution in [2.45, 2.75) is 13.3 Å². The fourth-order valence-corrected chi connectivity index (χ4v) is 3.17. The van der Waals surface area contributed by atoms with Crippen LogP contribution in [0, 0.1) is 6.92 Å². The zero-order valence-electron chi connectivity index (χ0n) is 16.4. The summed E-state index contributed by atoms with van der Waals surface area (Å²) in [4.78, 5) is 38.0. The Hall–Kier alpha value is -4.28. The third kappa shape index (κ3) is 4.26. The number of alkyl halides is 3. The van der Waals surface area contributed by atoms with E-state index in [1.165, 1.54) is 36.8 Å². The summed E-state index contributed by atoms with van der Waals surface area (Å²) >= 11 is 0. The molecule has 0 aliphatic heterocycles. The molecule has 11 heteroatoms. The third-order valence-electron chi connectivity index (χ3n) is 4.42. The molecule has 4 aromatic rings. The van der Waals surface area contributed by atoms with E-state index < -0.39 is 23.6 Å². The van der Waals surface area contributed by atoms with E-state index in [1.807, 2.05) is 0 Å². The lowest BCUT2D eigenvalue weighted by Gasteiger charge is -2.15. The minimum atomic E-state index is -4.88. The molecule has 1 amide bonds. The molecule has 0 fully saturated rings. The van der Waals surface area contributed by atoms with Gasteiger partial charge in [-0.1, -0.05) is 12.1 Å². The fraction of sp³-hybridized carbons (Fsp3) is 0.0952. The van der Waals surface area contributed by atoms with E-state index in [9.17, 15) is 22.8 Å². The van der Waals surface area contributed by atoms with Gasteiger partial charge in [0.1, 0.15) is 17.3 Å². The van der Waals surface area contributed by atoms with Crippen LogP contribution >= 0.6 is 0 Å². The first kappa shape index (κ1) is 21.0. The molecule has 2 aromatic heterocycles. The number of nitrogens with one attached hydrogen (secondary N) is 1. The number of hydrogen-bond donors (Lipinski definition) is 1. The number of hydrogen-bond acceptors (Lipinski definition) is 6. The molecule has 2 heterocycles. The van der Waals surface area contributed by atoms with Crippen molar-refractivity contribution < 1.29 is 22.7 Å². The van der Waals surface area contributed by atoms with Crippen LogP contribution in [-0.2, 0) is 0 Å². The number of fused-ring (bicyclic) bond motifs is 1. The predicted molar refractivity (Wildman–Crippen MR) is 109 cm³/mol. The van der Waals surface area contributed by atoms with Crippen LogP contribution < -0.4 is 15.6 Å². The van der Waals surface area contributed by atoms with Crippen LogP contribution in [0.5, 0.6) is 5.75 Å². The minimum absolute atomic E-state index is 0.0434. The molecule has 0 spiro atoms. The van der Waals surface area contributed by atoms with Gasteiger partial charge in [-0.05, 0) is 31.2 Å². The van der Waals surface area contributed by atoms with Crippen molar-refractivity contribution in [2.24, 2.45) is 0 Å². The monoisotopic (exact) mass is 441 g/mol. The van der Waals surface area contributed by atoms with Crippen molar-refractivity contribution in [2.75, 3.05) is 5.32 Å². The maximum atomic E-state index is 13.4. The highest BCUT2D eigenvalue weighted by Gasteiger charge is 2.31. The summed E-state index contributed by atoms with van der Waals surface area (Å²) in [6.07, 6.45) is -0.839. The lowest BCUT2D eigenvalue weighted by atomic mass is 10.2. The summed E-state index contributed by atoms with van der Waals surface area (Å²) in [7, 11) is 0. The van der Waals surface area contributed by atoms with Crippen LogP contribution in [-0.4, -0.2) is 31.8 Å². The van der Waals surface area contributed by atoms with Crippen LogP contribution in [0.15, 0.2) is 65.8 Å². The summed E-state index contributed by atoms with van der Waals surface area (Å²) in [5.41, 5.74) is 0.0720. The lowest BCUT2D eigenvalue weighted by molar-refractivity contribution is -0.274. The molecule has 1 N–H and O–H groups in total. The van der Waals surface area contributed by atoms with Crippen LogP contribution in [0.2, 0.25) is 0 Å². The Labute approximate surface area is 178 Å². The number of amides is 1. The summed E-state index contributed by atoms with van der Waals surface area (Å²) < 4.78 is 42.9. The number of anilines is 1. The summed E-state index contributed by atoms with van der Waals surface area (Å²) in [6, 6.07) is 9.70. The van der Waals surface area contributed by atoms with E-state index in [0.29, 0.717) is 5.52 Å². The average Bonchev–Trinajstić information content (AvgIpc) is 2.73. The quantitative estimate of drug-likeness (QED) is 0.519. The van der Waals surface area contributed by atoms with Gasteiger partial charge in [0.05, 0.1) is 28.5 Å².